The minimum Gasteiger partial charge on any atom is -0.470 e. The van der Waals surface area contributed by atoms with Gasteiger partial charge in [-0.15, -0.1) is 0 Å². The fourth-order valence-electron chi connectivity index (χ4n) is 1.39. The van der Waals surface area contributed by atoms with Crippen LogP contribution in [-0.4, -0.2) is 41.8 Å². The van der Waals surface area contributed by atoms with Crippen molar-refractivity contribution in [3.8, 4) is 5.88 Å². The second-order valence-electron chi connectivity index (χ2n) is 3.81. The summed E-state index contributed by atoms with van der Waals surface area (Å²) in [5.74, 6) is 0.297. The number of nitro groups is 1. The molecule has 0 saturated heterocycles. The van der Waals surface area contributed by atoms with Crippen molar-refractivity contribution >= 4 is 11.6 Å². The molecule has 0 aliphatic rings. The Kier molecular flexibility index (Phi) is 5.94. The zero-order chi connectivity index (χ0) is 14.3. The van der Waals surface area contributed by atoms with E-state index in [0.29, 0.717) is 19.1 Å². The Labute approximate surface area is 111 Å². The predicted molar refractivity (Wildman–Crippen MR) is 69.6 cm³/mol. The van der Waals surface area contributed by atoms with E-state index in [2.05, 4.69) is 15.3 Å². The molecule has 1 rings (SSSR count). The Morgan fingerprint density at radius 1 is 1.37 bits per heavy atom. The molecule has 0 aliphatic heterocycles. The number of hydrogen-bond donors (Lipinski definition) is 1. The van der Waals surface area contributed by atoms with Gasteiger partial charge in [0.2, 0.25) is 5.95 Å². The van der Waals surface area contributed by atoms with Crippen molar-refractivity contribution < 1.29 is 14.4 Å². The Morgan fingerprint density at radius 2 is 2.11 bits per heavy atom. The zero-order valence-corrected chi connectivity index (χ0v) is 11.3. The Bertz CT molecular complexity index is 439. The summed E-state index contributed by atoms with van der Waals surface area (Å²) in [7, 11) is 1.53. The van der Waals surface area contributed by atoms with E-state index in [1.807, 2.05) is 6.92 Å². The molecule has 1 heterocycles. The molecule has 0 radical (unpaired) electrons. The van der Waals surface area contributed by atoms with Crippen LogP contribution in [0.2, 0.25) is 0 Å². The van der Waals surface area contributed by atoms with E-state index in [4.69, 9.17) is 9.47 Å². The maximum Gasteiger partial charge on any atom is 0.352 e. The Hall–Kier alpha value is -1.96. The van der Waals surface area contributed by atoms with Crippen molar-refractivity contribution in [2.75, 3.05) is 32.2 Å². The number of anilines is 1. The SMILES string of the molecule is CCCNc1nc(C)c([N+](=O)[O-])c(OCCOC)n1. The molecule has 0 aromatic carbocycles. The number of aromatic nitrogens is 2. The van der Waals surface area contributed by atoms with E-state index in [1.165, 1.54) is 7.11 Å². The fraction of sp³-hybridized carbons (Fsp3) is 0.636. The van der Waals surface area contributed by atoms with Gasteiger partial charge in [0.1, 0.15) is 12.3 Å². The molecule has 8 nitrogen and oxygen atoms in total. The molecule has 0 amide bonds. The van der Waals surface area contributed by atoms with Crippen LogP contribution >= 0.6 is 0 Å². The Balaban J connectivity index is 2.99. The van der Waals surface area contributed by atoms with E-state index in [-0.39, 0.29) is 23.9 Å². The molecule has 0 atom stereocenters. The number of aryl methyl sites for hydroxylation is 1. The van der Waals surface area contributed by atoms with Crippen LogP contribution in [0.15, 0.2) is 0 Å². The minimum absolute atomic E-state index is 0.0341. The van der Waals surface area contributed by atoms with Gasteiger partial charge in [-0.1, -0.05) is 6.92 Å². The summed E-state index contributed by atoms with van der Waals surface area (Å²) in [5.41, 5.74) is 0.0594. The van der Waals surface area contributed by atoms with Gasteiger partial charge in [-0.3, -0.25) is 10.1 Å². The summed E-state index contributed by atoms with van der Waals surface area (Å²) in [6.45, 7) is 4.77. The van der Waals surface area contributed by atoms with E-state index < -0.39 is 4.92 Å². The average molecular weight is 270 g/mol. The number of nitrogens with one attached hydrogen (secondary N) is 1. The van der Waals surface area contributed by atoms with Gasteiger partial charge in [0, 0.05) is 13.7 Å². The first-order valence-corrected chi connectivity index (χ1v) is 5.98. The van der Waals surface area contributed by atoms with Gasteiger partial charge in [0.25, 0.3) is 5.88 Å². The maximum atomic E-state index is 11.0. The lowest BCUT2D eigenvalue weighted by atomic mass is 10.3. The van der Waals surface area contributed by atoms with Crippen molar-refractivity contribution in [2.24, 2.45) is 0 Å². The lowest BCUT2D eigenvalue weighted by Crippen LogP contribution is -2.12. The summed E-state index contributed by atoms with van der Waals surface area (Å²) in [4.78, 5) is 18.5. The second-order valence-corrected chi connectivity index (χ2v) is 3.81. The molecule has 0 spiro atoms. The highest BCUT2D eigenvalue weighted by Gasteiger charge is 2.23. The monoisotopic (exact) mass is 270 g/mol. The molecule has 8 heteroatoms. The Morgan fingerprint density at radius 3 is 2.68 bits per heavy atom. The lowest BCUT2D eigenvalue weighted by Gasteiger charge is -2.09. The van der Waals surface area contributed by atoms with E-state index >= 15 is 0 Å². The van der Waals surface area contributed by atoms with Crippen molar-refractivity contribution in [1.82, 2.24) is 9.97 Å². The average Bonchev–Trinajstić information content (AvgIpc) is 2.35. The lowest BCUT2D eigenvalue weighted by molar-refractivity contribution is -0.387. The van der Waals surface area contributed by atoms with Crippen LogP contribution in [0.1, 0.15) is 19.0 Å². The van der Waals surface area contributed by atoms with Crippen LogP contribution in [0, 0.1) is 17.0 Å². The number of nitrogens with zero attached hydrogens (tertiary/aromatic N) is 3. The van der Waals surface area contributed by atoms with Crippen molar-refractivity contribution in [2.45, 2.75) is 20.3 Å². The van der Waals surface area contributed by atoms with Gasteiger partial charge in [0.15, 0.2) is 0 Å². The molecule has 1 N–H and O–H groups in total. The predicted octanol–water partition coefficient (Wildman–Crippen LogP) is 1.54. The smallest absolute Gasteiger partial charge is 0.352 e. The van der Waals surface area contributed by atoms with E-state index in [9.17, 15) is 10.1 Å². The van der Waals surface area contributed by atoms with Gasteiger partial charge < -0.3 is 14.8 Å². The summed E-state index contributed by atoms with van der Waals surface area (Å²) in [6.07, 6.45) is 0.902. The first-order valence-electron chi connectivity index (χ1n) is 5.98. The van der Waals surface area contributed by atoms with E-state index in [0.717, 1.165) is 6.42 Å². The number of ether oxygens (including phenoxy) is 2. The minimum atomic E-state index is -0.541. The van der Waals surface area contributed by atoms with Crippen molar-refractivity contribution in [3.05, 3.63) is 15.8 Å². The third-order valence-corrected chi connectivity index (χ3v) is 2.27. The molecule has 0 aliphatic carbocycles. The van der Waals surface area contributed by atoms with Gasteiger partial charge in [0.05, 0.1) is 11.5 Å². The van der Waals surface area contributed by atoms with Gasteiger partial charge in [-0.25, -0.2) is 4.98 Å². The summed E-state index contributed by atoms with van der Waals surface area (Å²) < 4.78 is 10.1. The van der Waals surface area contributed by atoms with Crippen LogP contribution in [-0.2, 0) is 4.74 Å². The second kappa shape index (κ2) is 7.47. The molecular formula is C11H18N4O4. The number of rotatable bonds is 8. The van der Waals surface area contributed by atoms with Crippen molar-refractivity contribution in [3.63, 3.8) is 0 Å². The highest BCUT2D eigenvalue weighted by Crippen LogP contribution is 2.28. The highest BCUT2D eigenvalue weighted by atomic mass is 16.6. The molecule has 0 saturated carbocycles. The fourth-order valence-corrected chi connectivity index (χ4v) is 1.39. The third kappa shape index (κ3) is 4.32. The van der Waals surface area contributed by atoms with Crippen LogP contribution in [0.25, 0.3) is 0 Å². The standard InChI is InChI=1S/C11H18N4O4/c1-4-5-12-11-13-8(2)9(15(16)17)10(14-11)19-7-6-18-3/h4-7H2,1-3H3,(H,12,13,14). The van der Waals surface area contributed by atoms with Crippen molar-refractivity contribution in [1.29, 1.82) is 0 Å². The van der Waals surface area contributed by atoms with Crippen LogP contribution in [0.3, 0.4) is 0 Å². The van der Waals surface area contributed by atoms with Crippen LogP contribution in [0.4, 0.5) is 11.6 Å². The van der Waals surface area contributed by atoms with Gasteiger partial charge >= 0.3 is 5.69 Å². The third-order valence-electron chi connectivity index (χ3n) is 2.27. The number of methoxy groups -OCH3 is 1. The zero-order valence-electron chi connectivity index (χ0n) is 11.3. The summed E-state index contributed by atoms with van der Waals surface area (Å²) in [6, 6.07) is 0. The van der Waals surface area contributed by atoms with Gasteiger partial charge in [-0.2, -0.15) is 4.98 Å². The molecule has 0 unspecified atom stereocenters. The van der Waals surface area contributed by atoms with Gasteiger partial charge in [-0.05, 0) is 13.3 Å². The summed E-state index contributed by atoms with van der Waals surface area (Å²) in [5, 5.41) is 14.0. The first-order chi connectivity index (χ1) is 9.10. The largest absolute Gasteiger partial charge is 0.470 e. The molecular weight excluding hydrogens is 252 g/mol. The first kappa shape index (κ1) is 15.1. The molecule has 106 valence electrons. The molecule has 19 heavy (non-hydrogen) atoms. The van der Waals surface area contributed by atoms with Crippen LogP contribution < -0.4 is 10.1 Å². The normalized spacial score (nSPS) is 10.3. The van der Waals surface area contributed by atoms with Crippen LogP contribution in [0.5, 0.6) is 5.88 Å². The topological polar surface area (TPSA) is 99.4 Å². The maximum absolute atomic E-state index is 11.0. The highest BCUT2D eigenvalue weighted by molar-refractivity contribution is 5.48. The number of hydrogen-bond acceptors (Lipinski definition) is 7. The molecule has 0 bridgehead atoms. The van der Waals surface area contributed by atoms with E-state index in [1.54, 1.807) is 6.92 Å². The summed E-state index contributed by atoms with van der Waals surface area (Å²) >= 11 is 0. The quantitative estimate of drug-likeness (QED) is 0.434. The molecule has 1 aromatic rings. The molecule has 1 aromatic heterocycles. The molecule has 0 fully saturated rings.